The van der Waals surface area contributed by atoms with Gasteiger partial charge in [0, 0.05) is 7.11 Å². The van der Waals surface area contributed by atoms with Crippen LogP contribution in [-0.4, -0.2) is 23.9 Å². The molecule has 16 heavy (non-hydrogen) atoms. The van der Waals surface area contributed by atoms with E-state index in [1.54, 1.807) is 18.4 Å². The van der Waals surface area contributed by atoms with Crippen molar-refractivity contribution in [3.63, 3.8) is 0 Å². The van der Waals surface area contributed by atoms with Crippen molar-refractivity contribution in [1.29, 1.82) is 0 Å². The first-order chi connectivity index (χ1) is 7.72. The van der Waals surface area contributed by atoms with Crippen molar-refractivity contribution in [3.05, 3.63) is 22.8 Å². The van der Waals surface area contributed by atoms with E-state index in [2.05, 4.69) is 10.1 Å². The van der Waals surface area contributed by atoms with E-state index >= 15 is 0 Å². The second-order valence-corrected chi connectivity index (χ2v) is 4.37. The highest BCUT2D eigenvalue weighted by molar-refractivity contribution is 7.13. The van der Waals surface area contributed by atoms with E-state index in [0.29, 0.717) is 18.3 Å². The highest BCUT2D eigenvalue weighted by atomic mass is 32.1. The SMILES string of the molecule is COCC(N)c1noc(-c2sccc2C)n1. The second-order valence-electron chi connectivity index (χ2n) is 3.45. The maximum atomic E-state index is 5.80. The summed E-state index contributed by atoms with van der Waals surface area (Å²) in [6.07, 6.45) is 0. The lowest BCUT2D eigenvalue weighted by Gasteiger charge is -2.03. The molecule has 2 heterocycles. The summed E-state index contributed by atoms with van der Waals surface area (Å²) < 4.78 is 10.1. The molecule has 0 saturated carbocycles. The number of nitrogens with two attached hydrogens (primary N) is 1. The summed E-state index contributed by atoms with van der Waals surface area (Å²) in [5.74, 6) is 0.999. The maximum Gasteiger partial charge on any atom is 0.268 e. The van der Waals surface area contributed by atoms with Crippen molar-refractivity contribution in [1.82, 2.24) is 10.1 Å². The molecule has 0 aromatic carbocycles. The summed E-state index contributed by atoms with van der Waals surface area (Å²) in [7, 11) is 1.59. The molecule has 1 unspecified atom stereocenters. The van der Waals surface area contributed by atoms with Gasteiger partial charge in [-0.15, -0.1) is 11.3 Å². The quantitative estimate of drug-likeness (QED) is 0.879. The normalized spacial score (nSPS) is 12.9. The molecule has 86 valence electrons. The summed E-state index contributed by atoms with van der Waals surface area (Å²) in [4.78, 5) is 5.25. The molecular formula is C10H13N3O2S. The monoisotopic (exact) mass is 239 g/mol. The molecule has 0 fully saturated rings. The molecule has 1 atom stereocenters. The lowest BCUT2D eigenvalue weighted by molar-refractivity contribution is 0.177. The fourth-order valence-corrected chi connectivity index (χ4v) is 2.17. The second kappa shape index (κ2) is 4.73. The van der Waals surface area contributed by atoms with Gasteiger partial charge in [-0.2, -0.15) is 4.98 Å². The van der Waals surface area contributed by atoms with Gasteiger partial charge in [0.1, 0.15) is 0 Å². The number of thiophene rings is 1. The van der Waals surface area contributed by atoms with Crippen LogP contribution < -0.4 is 5.73 Å². The summed E-state index contributed by atoms with van der Waals surface area (Å²) in [6.45, 7) is 2.38. The number of nitrogens with zero attached hydrogens (tertiary/aromatic N) is 2. The molecule has 2 aromatic rings. The molecular weight excluding hydrogens is 226 g/mol. The summed E-state index contributed by atoms with van der Waals surface area (Å²) >= 11 is 1.57. The molecule has 0 aliphatic carbocycles. The molecule has 6 heteroatoms. The largest absolute Gasteiger partial charge is 0.383 e. The van der Waals surface area contributed by atoms with E-state index in [1.807, 2.05) is 18.4 Å². The number of methoxy groups -OCH3 is 1. The van der Waals surface area contributed by atoms with Gasteiger partial charge in [0.25, 0.3) is 5.89 Å². The first-order valence-corrected chi connectivity index (χ1v) is 5.73. The van der Waals surface area contributed by atoms with Crippen molar-refractivity contribution >= 4 is 11.3 Å². The highest BCUT2D eigenvalue weighted by Crippen LogP contribution is 2.27. The van der Waals surface area contributed by atoms with Crippen LogP contribution in [0.5, 0.6) is 0 Å². The lowest BCUT2D eigenvalue weighted by Crippen LogP contribution is -2.17. The van der Waals surface area contributed by atoms with Gasteiger partial charge in [0.2, 0.25) is 0 Å². The molecule has 0 spiro atoms. The van der Waals surface area contributed by atoms with Gasteiger partial charge in [-0.1, -0.05) is 5.16 Å². The van der Waals surface area contributed by atoms with Crippen LogP contribution in [0.1, 0.15) is 17.4 Å². The third kappa shape index (κ3) is 2.13. The smallest absolute Gasteiger partial charge is 0.268 e. The van der Waals surface area contributed by atoms with Gasteiger partial charge >= 0.3 is 0 Å². The maximum absolute atomic E-state index is 5.80. The zero-order chi connectivity index (χ0) is 11.5. The summed E-state index contributed by atoms with van der Waals surface area (Å²) in [5.41, 5.74) is 6.93. The third-order valence-corrected chi connectivity index (χ3v) is 3.18. The number of aromatic nitrogens is 2. The van der Waals surface area contributed by atoms with Crippen LogP contribution in [0.3, 0.4) is 0 Å². The fourth-order valence-electron chi connectivity index (χ4n) is 1.32. The molecule has 2 N–H and O–H groups in total. The Balaban J connectivity index is 2.23. The fraction of sp³-hybridized carbons (Fsp3) is 0.400. The Morgan fingerprint density at radius 1 is 1.62 bits per heavy atom. The van der Waals surface area contributed by atoms with Crippen molar-refractivity contribution in [2.24, 2.45) is 5.73 Å². The Morgan fingerprint density at radius 3 is 3.06 bits per heavy atom. The van der Waals surface area contributed by atoms with E-state index < -0.39 is 0 Å². The Morgan fingerprint density at radius 2 is 2.44 bits per heavy atom. The molecule has 0 radical (unpaired) electrons. The van der Waals surface area contributed by atoms with Gasteiger partial charge in [-0.25, -0.2) is 0 Å². The van der Waals surface area contributed by atoms with Gasteiger partial charge in [-0.3, -0.25) is 0 Å². The number of rotatable bonds is 4. The van der Waals surface area contributed by atoms with E-state index in [1.165, 1.54) is 0 Å². The summed E-state index contributed by atoms with van der Waals surface area (Å²) in [6, 6.07) is 1.67. The minimum absolute atomic E-state index is 0.345. The van der Waals surface area contributed by atoms with E-state index in [-0.39, 0.29) is 6.04 Å². The molecule has 0 amide bonds. The zero-order valence-electron chi connectivity index (χ0n) is 9.14. The molecule has 0 saturated heterocycles. The average Bonchev–Trinajstić information content (AvgIpc) is 2.86. The average molecular weight is 239 g/mol. The van der Waals surface area contributed by atoms with Crippen LogP contribution in [0.4, 0.5) is 0 Å². The zero-order valence-corrected chi connectivity index (χ0v) is 9.95. The van der Waals surface area contributed by atoms with E-state index in [0.717, 1.165) is 10.4 Å². The topological polar surface area (TPSA) is 74.2 Å². The van der Waals surface area contributed by atoms with E-state index in [9.17, 15) is 0 Å². The number of ether oxygens (including phenoxy) is 1. The number of hydrogen-bond acceptors (Lipinski definition) is 6. The molecule has 5 nitrogen and oxygen atoms in total. The predicted molar refractivity (Wildman–Crippen MR) is 61.2 cm³/mol. The van der Waals surface area contributed by atoms with E-state index in [4.69, 9.17) is 15.0 Å². The Hall–Kier alpha value is -1.24. The Kier molecular flexibility index (Phi) is 3.33. The van der Waals surface area contributed by atoms with Crippen LogP contribution in [0.15, 0.2) is 16.0 Å². The first-order valence-electron chi connectivity index (χ1n) is 4.85. The van der Waals surface area contributed by atoms with Crippen LogP contribution >= 0.6 is 11.3 Å². The van der Waals surface area contributed by atoms with Crippen molar-refractivity contribution in [2.45, 2.75) is 13.0 Å². The standard InChI is InChI=1S/C10H13N3O2S/c1-6-3-4-16-8(6)10-12-9(13-15-10)7(11)5-14-2/h3-4,7H,5,11H2,1-2H3. The van der Waals surface area contributed by atoms with Crippen molar-refractivity contribution in [3.8, 4) is 10.8 Å². The van der Waals surface area contributed by atoms with Crippen molar-refractivity contribution < 1.29 is 9.26 Å². The first kappa shape index (κ1) is 11.3. The highest BCUT2D eigenvalue weighted by Gasteiger charge is 2.16. The minimum Gasteiger partial charge on any atom is -0.383 e. The van der Waals surface area contributed by atoms with Crippen LogP contribution in [0.25, 0.3) is 10.8 Å². The van der Waals surface area contributed by atoms with Crippen molar-refractivity contribution in [2.75, 3.05) is 13.7 Å². The molecule has 0 bridgehead atoms. The lowest BCUT2D eigenvalue weighted by atomic mass is 10.3. The molecule has 2 aromatic heterocycles. The number of hydrogen-bond donors (Lipinski definition) is 1. The van der Waals surface area contributed by atoms with Gasteiger partial charge in [0.05, 0.1) is 17.5 Å². The van der Waals surface area contributed by atoms with Crippen LogP contribution in [-0.2, 0) is 4.74 Å². The molecule has 0 aliphatic rings. The third-order valence-electron chi connectivity index (χ3n) is 2.18. The van der Waals surface area contributed by atoms with Crippen LogP contribution in [0, 0.1) is 6.92 Å². The Labute approximate surface area is 97.2 Å². The van der Waals surface area contributed by atoms with Crippen LogP contribution in [0.2, 0.25) is 0 Å². The Bertz CT molecular complexity index is 466. The molecule has 2 rings (SSSR count). The molecule has 0 aliphatic heterocycles. The summed E-state index contributed by atoms with van der Waals surface area (Å²) in [5, 5.41) is 5.84. The van der Waals surface area contributed by atoms with Gasteiger partial charge in [0.15, 0.2) is 5.82 Å². The minimum atomic E-state index is -0.345. The van der Waals surface area contributed by atoms with Gasteiger partial charge in [-0.05, 0) is 23.9 Å². The number of aryl methyl sites for hydroxylation is 1. The predicted octanol–water partition coefficient (Wildman–Crippen LogP) is 1.75. The van der Waals surface area contributed by atoms with Gasteiger partial charge < -0.3 is 15.0 Å².